The van der Waals surface area contributed by atoms with Crippen LogP contribution in [0, 0.1) is 11.8 Å². The van der Waals surface area contributed by atoms with Gasteiger partial charge in [0.1, 0.15) is 11.4 Å². The minimum Gasteiger partial charge on any atom is -0.494 e. The highest BCUT2D eigenvalue weighted by Crippen LogP contribution is 2.39. The van der Waals surface area contributed by atoms with Crippen LogP contribution in [0.1, 0.15) is 44.2 Å². The van der Waals surface area contributed by atoms with Gasteiger partial charge in [-0.2, -0.15) is 19.9 Å². The quantitative estimate of drug-likeness (QED) is 0.0810. The highest BCUT2D eigenvalue weighted by atomic mass is 16.8. The van der Waals surface area contributed by atoms with Crippen LogP contribution in [-0.4, -0.2) is 105 Å². The average molecular weight is 778 g/mol. The Morgan fingerprint density at radius 1 is 0.732 bits per heavy atom. The summed E-state index contributed by atoms with van der Waals surface area (Å²) < 4.78 is 51.0. The predicted octanol–water partition coefficient (Wildman–Crippen LogP) is 5.94. The van der Waals surface area contributed by atoms with Gasteiger partial charge in [-0.1, -0.05) is 42.5 Å². The van der Waals surface area contributed by atoms with E-state index in [0.29, 0.717) is 44.4 Å². The van der Waals surface area contributed by atoms with Crippen LogP contribution >= 0.6 is 0 Å². The molecule has 1 aliphatic heterocycles. The first kappa shape index (κ1) is 41.6. The molecular formula is C40H51N5O11. The maximum Gasteiger partial charge on any atom is 0.528 e. The third-order valence-corrected chi connectivity index (χ3v) is 8.64. The fourth-order valence-corrected chi connectivity index (χ4v) is 6.17. The number of piperidine rings is 1. The van der Waals surface area contributed by atoms with Crippen molar-refractivity contribution >= 4 is 6.16 Å². The number of hydrogen-bond acceptors (Lipinski definition) is 16. The lowest BCUT2D eigenvalue weighted by atomic mass is 9.74. The van der Waals surface area contributed by atoms with Gasteiger partial charge in [0.25, 0.3) is 11.8 Å². The summed E-state index contributed by atoms with van der Waals surface area (Å²) in [6.07, 6.45) is 2.87. The largest absolute Gasteiger partial charge is 0.528 e. The lowest BCUT2D eigenvalue weighted by Crippen LogP contribution is -2.49. The van der Waals surface area contributed by atoms with E-state index >= 15 is 0 Å². The number of methoxy groups -OCH3 is 4. The Hall–Kier alpha value is -5.61. The summed E-state index contributed by atoms with van der Waals surface area (Å²) in [7, 11) is 5.97. The molecule has 0 amide bonds. The first-order valence-electron chi connectivity index (χ1n) is 18.2. The lowest BCUT2D eigenvalue weighted by Gasteiger charge is -2.42. The fraction of sp³-hybridized carbons (Fsp3) is 0.475. The number of aromatic nitrogens is 4. The van der Waals surface area contributed by atoms with Crippen LogP contribution in [0.4, 0.5) is 4.79 Å². The van der Waals surface area contributed by atoms with Crippen LogP contribution in [0.5, 0.6) is 41.0 Å². The summed E-state index contributed by atoms with van der Waals surface area (Å²) in [4.78, 5) is 36.0. The highest BCUT2D eigenvalue weighted by Gasteiger charge is 2.41. The van der Waals surface area contributed by atoms with Crippen molar-refractivity contribution in [3.8, 4) is 41.0 Å². The SMILES string of the molecule is COc1cnc(OC[C@@H]2CN(OC(=O)OC(C)(C)C)C[C@H](COc3ncc(OC)c(OC)n3)C2c2ccc(OCCCOCc3ccccc3)cc2)nc1OC. The van der Waals surface area contributed by atoms with Crippen molar-refractivity contribution in [2.24, 2.45) is 11.8 Å². The predicted molar refractivity (Wildman–Crippen MR) is 203 cm³/mol. The van der Waals surface area contributed by atoms with Crippen molar-refractivity contribution < 1.29 is 52.3 Å². The molecule has 302 valence electrons. The number of nitrogens with zero attached hydrogens (tertiary/aromatic N) is 5. The molecule has 16 nitrogen and oxygen atoms in total. The summed E-state index contributed by atoms with van der Waals surface area (Å²) in [6.45, 7) is 7.81. The summed E-state index contributed by atoms with van der Waals surface area (Å²) in [6, 6.07) is 18.2. The lowest BCUT2D eigenvalue weighted by molar-refractivity contribution is -0.177. The van der Waals surface area contributed by atoms with Gasteiger partial charge < -0.3 is 47.5 Å². The fourth-order valence-electron chi connectivity index (χ4n) is 6.17. The van der Waals surface area contributed by atoms with Crippen molar-refractivity contribution in [1.29, 1.82) is 0 Å². The molecule has 0 N–H and O–H groups in total. The maximum atomic E-state index is 12.9. The number of ether oxygens (including phenoxy) is 9. The average Bonchev–Trinajstić information content (AvgIpc) is 3.20. The number of rotatable bonds is 19. The van der Waals surface area contributed by atoms with Crippen LogP contribution < -0.4 is 33.2 Å². The summed E-state index contributed by atoms with van der Waals surface area (Å²) in [5.74, 6) is 1.16. The molecule has 0 radical (unpaired) electrons. The molecule has 1 aliphatic rings. The molecule has 3 atom stereocenters. The van der Waals surface area contributed by atoms with E-state index in [1.54, 1.807) is 25.8 Å². The van der Waals surface area contributed by atoms with Gasteiger partial charge >= 0.3 is 18.2 Å². The minimum atomic E-state index is -0.825. The van der Waals surface area contributed by atoms with Gasteiger partial charge in [-0.25, -0.2) is 4.79 Å². The standard InChI is InChI=1S/C40H51N5O11/c1-40(2,3)55-39(46)56-45-22-29(25-53-37-41-20-32(47-4)35(43-37)49-6)34(30(23-45)26-54-38-42-21-33(48-5)36(44-38)50-7)28-14-16-31(17-15-28)52-19-11-18-51-24-27-12-9-8-10-13-27/h8-10,12-17,20-21,29-30,34H,11,18-19,22-26H2,1-7H3/t29-,30+,34?. The van der Waals surface area contributed by atoms with E-state index in [-0.39, 0.29) is 54.7 Å². The second kappa shape index (κ2) is 20.3. The second-order valence-corrected chi connectivity index (χ2v) is 13.8. The molecule has 1 unspecified atom stereocenters. The van der Waals surface area contributed by atoms with Gasteiger partial charge in [-0.15, -0.1) is 5.06 Å². The van der Waals surface area contributed by atoms with Gasteiger partial charge in [0, 0.05) is 31.3 Å². The zero-order valence-corrected chi connectivity index (χ0v) is 33.0. The van der Waals surface area contributed by atoms with E-state index < -0.39 is 11.8 Å². The Bertz CT molecular complexity index is 1740. The van der Waals surface area contributed by atoms with Crippen molar-refractivity contribution in [3.63, 3.8) is 0 Å². The molecule has 0 bridgehead atoms. The van der Waals surface area contributed by atoms with Crippen LogP contribution in [0.15, 0.2) is 67.0 Å². The zero-order chi connectivity index (χ0) is 39.9. The Labute approximate surface area is 327 Å². The van der Waals surface area contributed by atoms with E-state index in [2.05, 4.69) is 19.9 Å². The number of carbonyl (C=O) groups excluding carboxylic acids is 1. The first-order valence-corrected chi connectivity index (χ1v) is 18.2. The normalized spacial score (nSPS) is 17.0. The van der Waals surface area contributed by atoms with Gasteiger partial charge in [0.05, 0.1) is 73.9 Å². The van der Waals surface area contributed by atoms with E-state index in [1.165, 1.54) is 40.8 Å². The van der Waals surface area contributed by atoms with E-state index in [1.807, 2.05) is 54.6 Å². The molecule has 16 heteroatoms. The Balaban J connectivity index is 1.36. The van der Waals surface area contributed by atoms with E-state index in [9.17, 15) is 4.79 Å². The van der Waals surface area contributed by atoms with Gasteiger partial charge in [0.2, 0.25) is 0 Å². The topological polar surface area (TPSA) is 164 Å². The third kappa shape index (κ3) is 12.2. The van der Waals surface area contributed by atoms with Crippen LogP contribution in [0.25, 0.3) is 0 Å². The zero-order valence-electron chi connectivity index (χ0n) is 33.0. The number of benzene rings is 2. The molecule has 3 heterocycles. The summed E-state index contributed by atoms with van der Waals surface area (Å²) in [5.41, 5.74) is 1.37. The Morgan fingerprint density at radius 3 is 1.82 bits per heavy atom. The molecule has 2 aromatic carbocycles. The van der Waals surface area contributed by atoms with E-state index in [4.69, 9.17) is 47.5 Å². The number of hydroxylamine groups is 2. The van der Waals surface area contributed by atoms with Crippen molar-refractivity contribution in [3.05, 3.63) is 78.1 Å². The van der Waals surface area contributed by atoms with Gasteiger partial charge in [-0.3, -0.25) is 0 Å². The van der Waals surface area contributed by atoms with Crippen molar-refractivity contribution in [1.82, 2.24) is 25.0 Å². The smallest absolute Gasteiger partial charge is 0.494 e. The third-order valence-electron chi connectivity index (χ3n) is 8.64. The minimum absolute atomic E-state index is 0.0922. The van der Waals surface area contributed by atoms with Crippen molar-refractivity contribution in [2.75, 3.05) is 68.0 Å². The van der Waals surface area contributed by atoms with E-state index in [0.717, 1.165) is 23.3 Å². The molecule has 2 aromatic heterocycles. The van der Waals surface area contributed by atoms with Gasteiger partial charge in [0.15, 0.2) is 11.5 Å². The van der Waals surface area contributed by atoms with Crippen molar-refractivity contribution in [2.45, 2.75) is 45.3 Å². The monoisotopic (exact) mass is 777 g/mol. The Kier molecular flexibility index (Phi) is 15.1. The molecule has 0 spiro atoms. The number of hydrogen-bond donors (Lipinski definition) is 0. The number of carbonyl (C=O) groups is 1. The first-order chi connectivity index (χ1) is 27.1. The molecule has 4 aromatic rings. The maximum absolute atomic E-state index is 12.9. The second-order valence-electron chi connectivity index (χ2n) is 13.8. The molecule has 56 heavy (non-hydrogen) atoms. The molecule has 1 fully saturated rings. The Morgan fingerprint density at radius 2 is 1.30 bits per heavy atom. The van der Waals surface area contributed by atoms with Crippen LogP contribution in [0.2, 0.25) is 0 Å². The molecule has 5 rings (SSSR count). The molecule has 1 saturated heterocycles. The molecular weight excluding hydrogens is 726 g/mol. The summed E-state index contributed by atoms with van der Waals surface area (Å²) in [5, 5.41) is 1.56. The molecule has 0 aliphatic carbocycles. The van der Waals surface area contributed by atoms with Gasteiger partial charge in [-0.05, 0) is 49.9 Å². The van der Waals surface area contributed by atoms with Crippen LogP contribution in [0.3, 0.4) is 0 Å². The molecule has 0 saturated carbocycles. The summed E-state index contributed by atoms with van der Waals surface area (Å²) >= 11 is 0. The van der Waals surface area contributed by atoms with Crippen LogP contribution in [-0.2, 0) is 20.9 Å². The highest BCUT2D eigenvalue weighted by molar-refractivity contribution is 5.60.